The fourth-order valence-electron chi connectivity index (χ4n) is 2.19. The largest absolute Gasteiger partial charge is 0.493 e. The summed E-state index contributed by atoms with van der Waals surface area (Å²) in [4.78, 5) is -0.293. The van der Waals surface area contributed by atoms with Gasteiger partial charge in [-0.2, -0.15) is 13.2 Å². The monoisotopic (exact) mass is 319 g/mol. The van der Waals surface area contributed by atoms with Crippen LogP contribution in [0, 0.1) is 5.92 Å². The van der Waals surface area contributed by atoms with E-state index in [0.29, 0.717) is 31.5 Å². The Labute approximate surface area is 126 Å². The Morgan fingerprint density at radius 2 is 2.00 bits per heavy atom. The van der Waals surface area contributed by atoms with Crippen molar-refractivity contribution < 1.29 is 22.6 Å². The van der Waals surface area contributed by atoms with Crippen molar-refractivity contribution in [3.8, 4) is 5.75 Å². The van der Waals surface area contributed by atoms with Crippen molar-refractivity contribution in [1.82, 2.24) is 0 Å². The van der Waals surface area contributed by atoms with Crippen molar-refractivity contribution in [3.63, 3.8) is 0 Å². The molecule has 7 heteroatoms. The van der Waals surface area contributed by atoms with Gasteiger partial charge in [0.1, 0.15) is 10.7 Å². The molecule has 1 aliphatic heterocycles. The van der Waals surface area contributed by atoms with E-state index in [0.717, 1.165) is 18.9 Å². The highest BCUT2D eigenvalue weighted by Gasteiger charge is 2.34. The molecule has 0 unspecified atom stereocenters. The molecule has 1 fully saturated rings. The summed E-state index contributed by atoms with van der Waals surface area (Å²) in [6.45, 7) is 1.84. The molecule has 2 rings (SSSR count). The second-order valence-corrected chi connectivity index (χ2v) is 5.38. The summed E-state index contributed by atoms with van der Waals surface area (Å²) >= 11 is 4.69. The molecule has 0 radical (unpaired) electrons. The van der Waals surface area contributed by atoms with Crippen LogP contribution in [-0.4, -0.2) is 24.8 Å². The Balaban J connectivity index is 2.10. The van der Waals surface area contributed by atoms with Crippen molar-refractivity contribution in [2.24, 2.45) is 11.7 Å². The van der Waals surface area contributed by atoms with E-state index < -0.39 is 11.7 Å². The van der Waals surface area contributed by atoms with Crippen molar-refractivity contribution in [1.29, 1.82) is 0 Å². The molecule has 0 atom stereocenters. The molecule has 1 heterocycles. The highest BCUT2D eigenvalue weighted by Crippen LogP contribution is 2.34. The van der Waals surface area contributed by atoms with Crippen LogP contribution in [0.3, 0.4) is 0 Å². The Kier molecular flexibility index (Phi) is 5.05. The first-order valence-electron chi connectivity index (χ1n) is 6.59. The number of alkyl halides is 3. The summed E-state index contributed by atoms with van der Waals surface area (Å²) in [5.74, 6) is 0.701. The predicted octanol–water partition coefficient (Wildman–Crippen LogP) is 3.15. The zero-order chi connectivity index (χ0) is 15.5. The molecule has 0 aliphatic carbocycles. The minimum absolute atomic E-state index is 0.207. The van der Waals surface area contributed by atoms with Gasteiger partial charge in [-0.25, -0.2) is 0 Å². The van der Waals surface area contributed by atoms with Crippen LogP contribution in [0.1, 0.15) is 24.0 Å². The molecule has 1 aromatic rings. The molecule has 0 bridgehead atoms. The number of ether oxygens (including phenoxy) is 2. The maximum atomic E-state index is 12.8. The van der Waals surface area contributed by atoms with Gasteiger partial charge in [0.2, 0.25) is 0 Å². The number of nitrogens with two attached hydrogens (primary N) is 1. The van der Waals surface area contributed by atoms with Gasteiger partial charge in [-0.1, -0.05) is 12.2 Å². The van der Waals surface area contributed by atoms with Crippen LogP contribution in [0.15, 0.2) is 18.2 Å². The number of thiocarbonyl (C=S) groups is 1. The average molecular weight is 319 g/mol. The number of hydrogen-bond donors (Lipinski definition) is 1. The fourth-order valence-corrected chi connectivity index (χ4v) is 2.36. The Morgan fingerprint density at radius 3 is 2.57 bits per heavy atom. The highest BCUT2D eigenvalue weighted by molar-refractivity contribution is 7.80. The van der Waals surface area contributed by atoms with E-state index in [1.54, 1.807) is 0 Å². The molecular formula is C14H16F3NO2S. The van der Waals surface area contributed by atoms with Gasteiger partial charge in [-0.05, 0) is 37.0 Å². The lowest BCUT2D eigenvalue weighted by Crippen LogP contribution is -2.22. The maximum absolute atomic E-state index is 12.8. The summed E-state index contributed by atoms with van der Waals surface area (Å²) in [6, 6.07) is 3.50. The summed E-state index contributed by atoms with van der Waals surface area (Å²) in [5, 5.41) is 0. The first-order chi connectivity index (χ1) is 9.88. The summed E-state index contributed by atoms with van der Waals surface area (Å²) in [6.07, 6.45) is -2.70. The Bertz CT molecular complexity index is 513. The van der Waals surface area contributed by atoms with Crippen LogP contribution in [-0.2, 0) is 10.9 Å². The molecule has 1 aliphatic rings. The standard InChI is InChI=1S/C14H16F3NO2S/c15-14(16,17)12-2-1-10(7-11(12)13(18)21)20-8-9-3-5-19-6-4-9/h1-2,7,9H,3-6,8H2,(H2,18,21). The minimum atomic E-state index is -4.49. The van der Waals surface area contributed by atoms with E-state index in [2.05, 4.69) is 0 Å². The Hall–Kier alpha value is -1.34. The summed E-state index contributed by atoms with van der Waals surface area (Å²) in [7, 11) is 0. The van der Waals surface area contributed by atoms with E-state index in [9.17, 15) is 13.2 Å². The van der Waals surface area contributed by atoms with Gasteiger partial charge in [0.05, 0.1) is 12.2 Å². The SMILES string of the molecule is NC(=S)c1cc(OCC2CCOCC2)ccc1C(F)(F)F. The van der Waals surface area contributed by atoms with E-state index >= 15 is 0 Å². The molecular weight excluding hydrogens is 303 g/mol. The fraction of sp³-hybridized carbons (Fsp3) is 0.500. The lowest BCUT2D eigenvalue weighted by molar-refractivity contribution is -0.137. The normalized spacial score (nSPS) is 16.7. The first-order valence-corrected chi connectivity index (χ1v) is 7.00. The molecule has 3 nitrogen and oxygen atoms in total. The third-order valence-electron chi connectivity index (χ3n) is 3.39. The quantitative estimate of drug-likeness (QED) is 0.866. The van der Waals surface area contributed by atoms with E-state index in [1.165, 1.54) is 12.1 Å². The molecule has 1 aromatic carbocycles. The molecule has 1 saturated heterocycles. The second-order valence-electron chi connectivity index (χ2n) is 4.94. The van der Waals surface area contributed by atoms with Crippen LogP contribution in [0.5, 0.6) is 5.75 Å². The van der Waals surface area contributed by atoms with Crippen LogP contribution in [0.25, 0.3) is 0 Å². The number of halogens is 3. The molecule has 0 amide bonds. The second kappa shape index (κ2) is 6.62. The molecule has 0 spiro atoms. The smallest absolute Gasteiger partial charge is 0.417 e. The number of benzene rings is 1. The number of hydrogen-bond acceptors (Lipinski definition) is 3. The van der Waals surface area contributed by atoms with Crippen LogP contribution in [0.4, 0.5) is 13.2 Å². The van der Waals surface area contributed by atoms with Crippen molar-refractivity contribution in [2.75, 3.05) is 19.8 Å². The van der Waals surface area contributed by atoms with Gasteiger partial charge in [0.25, 0.3) is 0 Å². The van der Waals surface area contributed by atoms with Crippen molar-refractivity contribution in [3.05, 3.63) is 29.3 Å². The topological polar surface area (TPSA) is 44.5 Å². The van der Waals surface area contributed by atoms with Gasteiger partial charge < -0.3 is 15.2 Å². The lowest BCUT2D eigenvalue weighted by Gasteiger charge is -2.22. The van der Waals surface area contributed by atoms with Crippen LogP contribution in [0.2, 0.25) is 0 Å². The van der Waals surface area contributed by atoms with Gasteiger partial charge >= 0.3 is 6.18 Å². The van der Waals surface area contributed by atoms with E-state index in [1.807, 2.05) is 0 Å². The maximum Gasteiger partial charge on any atom is 0.417 e. The van der Waals surface area contributed by atoms with Gasteiger partial charge in [0, 0.05) is 18.8 Å². The van der Waals surface area contributed by atoms with Gasteiger partial charge in [-0.3, -0.25) is 0 Å². The van der Waals surface area contributed by atoms with Gasteiger partial charge in [0.15, 0.2) is 0 Å². The molecule has 0 saturated carbocycles. The summed E-state index contributed by atoms with van der Waals surface area (Å²) in [5.41, 5.74) is 4.33. The third-order valence-corrected chi connectivity index (χ3v) is 3.61. The minimum Gasteiger partial charge on any atom is -0.493 e. The molecule has 116 valence electrons. The average Bonchev–Trinajstić information content (AvgIpc) is 2.45. The molecule has 2 N–H and O–H groups in total. The van der Waals surface area contributed by atoms with Gasteiger partial charge in [-0.15, -0.1) is 0 Å². The Morgan fingerprint density at radius 1 is 1.33 bits per heavy atom. The predicted molar refractivity (Wildman–Crippen MR) is 76.4 cm³/mol. The van der Waals surface area contributed by atoms with Crippen LogP contribution >= 0.6 is 12.2 Å². The highest BCUT2D eigenvalue weighted by atomic mass is 32.1. The van der Waals surface area contributed by atoms with Crippen LogP contribution < -0.4 is 10.5 Å². The van der Waals surface area contributed by atoms with E-state index in [-0.39, 0.29) is 10.6 Å². The zero-order valence-corrected chi connectivity index (χ0v) is 12.1. The molecule has 0 aromatic heterocycles. The van der Waals surface area contributed by atoms with Crippen molar-refractivity contribution in [2.45, 2.75) is 19.0 Å². The van der Waals surface area contributed by atoms with E-state index in [4.69, 9.17) is 27.4 Å². The van der Waals surface area contributed by atoms with Crippen molar-refractivity contribution >= 4 is 17.2 Å². The lowest BCUT2D eigenvalue weighted by atomic mass is 10.0. The summed E-state index contributed by atoms with van der Waals surface area (Å²) < 4.78 is 49.3. The first kappa shape index (κ1) is 16.0. The third kappa shape index (κ3) is 4.31. The number of rotatable bonds is 4. The molecule has 21 heavy (non-hydrogen) atoms. The zero-order valence-electron chi connectivity index (χ0n) is 11.3.